The molecule has 29 heavy (non-hydrogen) atoms. The average Bonchev–Trinajstić information content (AvgIpc) is 3.23. The molecule has 7 nitrogen and oxygen atoms in total. The molecule has 2 heterocycles. The van der Waals surface area contributed by atoms with Crippen molar-refractivity contribution < 1.29 is 27.7 Å². The molecule has 0 amide bonds. The Morgan fingerprint density at radius 2 is 2.07 bits per heavy atom. The van der Waals surface area contributed by atoms with E-state index in [1.54, 1.807) is 25.2 Å². The van der Waals surface area contributed by atoms with Crippen molar-refractivity contribution in [3.05, 3.63) is 23.8 Å². The van der Waals surface area contributed by atoms with Crippen LogP contribution >= 0.6 is 24.0 Å². The second-order valence-electron chi connectivity index (χ2n) is 6.67. The van der Waals surface area contributed by atoms with Gasteiger partial charge >= 0.3 is 6.61 Å². The number of halogens is 3. The molecule has 2 aliphatic rings. The van der Waals surface area contributed by atoms with Gasteiger partial charge in [-0.1, -0.05) is 6.07 Å². The number of nitrogens with one attached hydrogen (secondary N) is 1. The van der Waals surface area contributed by atoms with E-state index in [0.717, 1.165) is 37.5 Å². The number of ether oxygens (including phenoxy) is 4. The third-order valence-corrected chi connectivity index (χ3v) is 4.88. The van der Waals surface area contributed by atoms with Crippen molar-refractivity contribution in [1.29, 1.82) is 0 Å². The lowest BCUT2D eigenvalue weighted by atomic mass is 10.1. The second-order valence-corrected chi connectivity index (χ2v) is 6.67. The Kier molecular flexibility index (Phi) is 9.63. The lowest BCUT2D eigenvalue weighted by molar-refractivity contribution is -0.0817. The molecule has 2 atom stereocenters. The number of alkyl halides is 2. The minimum atomic E-state index is -2.91. The molecule has 0 bridgehead atoms. The van der Waals surface area contributed by atoms with Gasteiger partial charge < -0.3 is 29.2 Å². The van der Waals surface area contributed by atoms with Gasteiger partial charge in [0.1, 0.15) is 6.10 Å². The minimum absolute atomic E-state index is 0. The van der Waals surface area contributed by atoms with Gasteiger partial charge in [0, 0.05) is 33.3 Å². The van der Waals surface area contributed by atoms with Crippen molar-refractivity contribution in [3.63, 3.8) is 0 Å². The van der Waals surface area contributed by atoms with Crippen LogP contribution in [0.5, 0.6) is 11.5 Å². The maximum atomic E-state index is 12.6. The maximum Gasteiger partial charge on any atom is 0.387 e. The highest BCUT2D eigenvalue weighted by Gasteiger charge is 2.32. The van der Waals surface area contributed by atoms with E-state index in [0.29, 0.717) is 19.7 Å². The quantitative estimate of drug-likeness (QED) is 0.349. The van der Waals surface area contributed by atoms with Crippen LogP contribution in [-0.2, 0) is 16.0 Å². The van der Waals surface area contributed by atoms with Crippen molar-refractivity contribution in [2.75, 3.05) is 40.5 Å². The lowest BCUT2D eigenvalue weighted by Gasteiger charge is -2.37. The third kappa shape index (κ3) is 6.54. The Morgan fingerprint density at radius 1 is 1.28 bits per heavy atom. The summed E-state index contributed by atoms with van der Waals surface area (Å²) in [6, 6.07) is 4.95. The first-order valence-electron chi connectivity index (χ1n) is 9.41. The molecule has 2 unspecified atom stereocenters. The summed E-state index contributed by atoms with van der Waals surface area (Å²) in [5, 5.41) is 3.28. The first kappa shape index (κ1) is 23.9. The molecule has 10 heteroatoms. The van der Waals surface area contributed by atoms with Gasteiger partial charge in [-0.15, -0.1) is 24.0 Å². The summed E-state index contributed by atoms with van der Waals surface area (Å²) >= 11 is 0. The largest absolute Gasteiger partial charge is 0.493 e. The molecule has 2 fully saturated rings. The van der Waals surface area contributed by atoms with Gasteiger partial charge in [-0.2, -0.15) is 8.78 Å². The van der Waals surface area contributed by atoms with Crippen LogP contribution in [0.15, 0.2) is 23.2 Å². The van der Waals surface area contributed by atoms with Crippen LogP contribution in [0.2, 0.25) is 0 Å². The Labute approximate surface area is 186 Å². The molecular formula is C19H28F2IN3O4. The van der Waals surface area contributed by atoms with Crippen molar-refractivity contribution >= 4 is 29.9 Å². The molecule has 1 aromatic rings. The summed E-state index contributed by atoms with van der Waals surface area (Å²) in [5.41, 5.74) is 0.779. The fraction of sp³-hybridized carbons (Fsp3) is 0.632. The van der Waals surface area contributed by atoms with E-state index in [4.69, 9.17) is 14.2 Å². The molecule has 0 aromatic heterocycles. The average molecular weight is 527 g/mol. The first-order valence-corrected chi connectivity index (χ1v) is 9.41. The van der Waals surface area contributed by atoms with Gasteiger partial charge in [0.2, 0.25) is 0 Å². The van der Waals surface area contributed by atoms with Gasteiger partial charge in [-0.25, -0.2) is 0 Å². The zero-order valence-corrected chi connectivity index (χ0v) is 18.9. The van der Waals surface area contributed by atoms with Gasteiger partial charge in [0.15, 0.2) is 17.5 Å². The van der Waals surface area contributed by atoms with Crippen LogP contribution < -0.4 is 14.8 Å². The van der Waals surface area contributed by atoms with Gasteiger partial charge in [0.05, 0.1) is 19.8 Å². The van der Waals surface area contributed by atoms with E-state index in [1.807, 2.05) is 0 Å². The molecule has 1 N–H and O–H groups in total. The number of morpholine rings is 1. The Morgan fingerprint density at radius 3 is 2.72 bits per heavy atom. The first-order chi connectivity index (χ1) is 13.6. The Bertz CT molecular complexity index is 675. The summed E-state index contributed by atoms with van der Waals surface area (Å²) in [7, 11) is 3.13. The Balaban J connectivity index is 0.00000300. The van der Waals surface area contributed by atoms with E-state index in [-0.39, 0.29) is 47.7 Å². The van der Waals surface area contributed by atoms with Crippen molar-refractivity contribution in [2.24, 2.45) is 4.99 Å². The molecule has 2 aliphatic heterocycles. The molecule has 0 saturated carbocycles. The number of hydrogen-bond acceptors (Lipinski definition) is 5. The van der Waals surface area contributed by atoms with Crippen LogP contribution in [0.4, 0.5) is 8.78 Å². The summed E-state index contributed by atoms with van der Waals surface area (Å²) in [5.74, 6) is 1.01. The summed E-state index contributed by atoms with van der Waals surface area (Å²) in [6.45, 7) is 0.335. The summed E-state index contributed by atoms with van der Waals surface area (Å²) in [6.07, 6.45) is 2.25. The van der Waals surface area contributed by atoms with Crippen molar-refractivity contribution in [3.8, 4) is 11.5 Å². The fourth-order valence-electron chi connectivity index (χ4n) is 3.52. The zero-order chi connectivity index (χ0) is 19.9. The SMILES string of the molecule is CN=C(NCc1ccc(OC)c(OC(F)F)c1)N1CCOC(C2CCCO2)C1.I. The van der Waals surface area contributed by atoms with E-state index in [1.165, 1.54) is 7.11 Å². The van der Waals surface area contributed by atoms with Crippen LogP contribution in [0.1, 0.15) is 18.4 Å². The highest BCUT2D eigenvalue weighted by molar-refractivity contribution is 14.0. The highest BCUT2D eigenvalue weighted by Crippen LogP contribution is 2.29. The number of nitrogens with zero attached hydrogens (tertiary/aromatic N) is 2. The zero-order valence-electron chi connectivity index (χ0n) is 16.6. The minimum Gasteiger partial charge on any atom is -0.493 e. The fourth-order valence-corrected chi connectivity index (χ4v) is 3.52. The standard InChI is InChI=1S/C19H27F2N3O4.HI/c1-22-19(24-7-9-27-17(12-24)15-4-3-8-26-15)23-11-13-5-6-14(25-2)16(10-13)28-18(20)21;/h5-6,10,15,17-18H,3-4,7-9,11-12H2,1-2H3,(H,22,23);1H. The number of rotatable bonds is 6. The number of guanidine groups is 1. The molecule has 0 spiro atoms. The number of methoxy groups -OCH3 is 1. The lowest BCUT2D eigenvalue weighted by Crippen LogP contribution is -2.53. The number of aliphatic imine (C=N–C) groups is 1. The second kappa shape index (κ2) is 11.7. The summed E-state index contributed by atoms with van der Waals surface area (Å²) in [4.78, 5) is 6.49. The van der Waals surface area contributed by atoms with E-state index in [9.17, 15) is 8.78 Å². The topological polar surface area (TPSA) is 64.6 Å². The number of hydrogen-bond donors (Lipinski definition) is 1. The van der Waals surface area contributed by atoms with Gasteiger partial charge in [-0.3, -0.25) is 4.99 Å². The normalized spacial score (nSPS) is 22.4. The van der Waals surface area contributed by atoms with Crippen molar-refractivity contribution in [1.82, 2.24) is 10.2 Å². The number of benzene rings is 1. The van der Waals surface area contributed by atoms with Crippen LogP contribution in [-0.4, -0.2) is 70.1 Å². The molecule has 2 saturated heterocycles. The molecular weight excluding hydrogens is 499 g/mol. The maximum absolute atomic E-state index is 12.6. The molecule has 0 aliphatic carbocycles. The third-order valence-electron chi connectivity index (χ3n) is 4.88. The van der Waals surface area contributed by atoms with Crippen LogP contribution in [0.25, 0.3) is 0 Å². The van der Waals surface area contributed by atoms with Gasteiger partial charge in [0.25, 0.3) is 0 Å². The molecule has 3 rings (SSSR count). The van der Waals surface area contributed by atoms with Gasteiger partial charge in [-0.05, 0) is 30.5 Å². The highest BCUT2D eigenvalue weighted by atomic mass is 127. The van der Waals surface area contributed by atoms with Crippen LogP contribution in [0, 0.1) is 0 Å². The Hall–Kier alpha value is -1.40. The molecule has 1 aromatic carbocycles. The van der Waals surface area contributed by atoms with Crippen LogP contribution in [0.3, 0.4) is 0 Å². The van der Waals surface area contributed by atoms with E-state index >= 15 is 0 Å². The predicted octanol–water partition coefficient (Wildman–Crippen LogP) is 2.87. The van der Waals surface area contributed by atoms with E-state index in [2.05, 4.69) is 19.9 Å². The van der Waals surface area contributed by atoms with E-state index < -0.39 is 6.61 Å². The monoisotopic (exact) mass is 527 g/mol. The molecule has 0 radical (unpaired) electrons. The predicted molar refractivity (Wildman–Crippen MR) is 116 cm³/mol. The molecule has 164 valence electrons. The summed E-state index contributed by atoms with van der Waals surface area (Å²) < 4.78 is 46.4. The van der Waals surface area contributed by atoms with Crippen molar-refractivity contribution in [2.45, 2.75) is 38.2 Å². The smallest absolute Gasteiger partial charge is 0.387 e.